The molecule has 0 saturated heterocycles. The number of anilines is 1. The van der Waals surface area contributed by atoms with Gasteiger partial charge in [-0.3, -0.25) is 9.27 Å². The van der Waals surface area contributed by atoms with Crippen LogP contribution in [0.4, 0.5) is 5.69 Å². The molecule has 0 bridgehead atoms. The van der Waals surface area contributed by atoms with Crippen LogP contribution in [0.5, 0.6) is 0 Å². The molecule has 8 heteroatoms. The lowest BCUT2D eigenvalue weighted by Crippen LogP contribution is -2.12. The summed E-state index contributed by atoms with van der Waals surface area (Å²) in [6.07, 6.45) is 3.83. The van der Waals surface area contributed by atoms with Crippen LogP contribution in [0.15, 0.2) is 15.9 Å². The molecule has 0 aliphatic heterocycles. The van der Waals surface area contributed by atoms with Crippen LogP contribution in [0.1, 0.15) is 39.2 Å². The molecule has 134 valence electrons. The van der Waals surface area contributed by atoms with Gasteiger partial charge in [-0.1, -0.05) is 6.07 Å². The first-order valence-electron chi connectivity index (χ1n) is 7.83. The van der Waals surface area contributed by atoms with Crippen LogP contribution < -0.4 is 4.72 Å². The second-order valence-electron chi connectivity index (χ2n) is 5.87. The molecule has 1 aliphatic carbocycles. The molecule has 3 rings (SSSR count). The Morgan fingerprint density at radius 2 is 2.00 bits per heavy atom. The van der Waals surface area contributed by atoms with Crippen LogP contribution >= 0.6 is 27.3 Å². The molecule has 1 atom stereocenters. The minimum absolute atomic E-state index is 0.350. The van der Waals surface area contributed by atoms with Crippen molar-refractivity contribution < 1.29 is 18.3 Å². The summed E-state index contributed by atoms with van der Waals surface area (Å²) in [5.74, 6) is -0.350. The number of halogens is 1. The van der Waals surface area contributed by atoms with Crippen LogP contribution in [0.25, 0.3) is 11.1 Å². The van der Waals surface area contributed by atoms with E-state index < -0.39 is 11.3 Å². The van der Waals surface area contributed by atoms with Crippen molar-refractivity contribution in [1.29, 1.82) is 0 Å². The van der Waals surface area contributed by atoms with Crippen LogP contribution in [-0.2, 0) is 28.8 Å². The average molecular weight is 444 g/mol. The number of hydrogen-bond acceptors (Lipinski definition) is 4. The molecule has 2 N–H and O–H groups in total. The van der Waals surface area contributed by atoms with E-state index in [4.69, 9.17) is 4.74 Å². The van der Waals surface area contributed by atoms with Crippen LogP contribution in [-0.4, -0.2) is 21.8 Å². The molecule has 1 heterocycles. The summed E-state index contributed by atoms with van der Waals surface area (Å²) in [5, 5.41) is 0. The van der Waals surface area contributed by atoms with E-state index in [2.05, 4.69) is 20.7 Å². The first-order chi connectivity index (χ1) is 11.9. The number of benzene rings is 1. The van der Waals surface area contributed by atoms with Crippen molar-refractivity contribution in [1.82, 2.24) is 0 Å². The number of ether oxygens (including phenoxy) is 1. The highest BCUT2D eigenvalue weighted by atomic mass is 79.9. The fourth-order valence-corrected chi connectivity index (χ4v) is 5.37. The lowest BCUT2D eigenvalue weighted by Gasteiger charge is -2.23. The van der Waals surface area contributed by atoms with Crippen molar-refractivity contribution in [3.8, 4) is 11.1 Å². The Morgan fingerprint density at radius 3 is 2.64 bits per heavy atom. The van der Waals surface area contributed by atoms with Gasteiger partial charge in [0.1, 0.15) is 4.88 Å². The van der Waals surface area contributed by atoms with Gasteiger partial charge in [-0.15, -0.1) is 11.3 Å². The Kier molecular flexibility index (Phi) is 5.62. The van der Waals surface area contributed by atoms with Gasteiger partial charge in [0.15, 0.2) is 0 Å². The third kappa shape index (κ3) is 3.53. The topological polar surface area (TPSA) is 75.6 Å². The smallest absolute Gasteiger partial charge is 0.348 e. The predicted molar refractivity (Wildman–Crippen MR) is 105 cm³/mol. The Bertz CT molecular complexity index is 863. The summed E-state index contributed by atoms with van der Waals surface area (Å²) < 4.78 is 28.8. The van der Waals surface area contributed by atoms with E-state index in [9.17, 15) is 13.6 Å². The molecular formula is C17H18BrNO4S2. The number of carbonyl (C=O) groups is 1. The molecule has 0 amide bonds. The predicted octanol–water partition coefficient (Wildman–Crippen LogP) is 4.70. The van der Waals surface area contributed by atoms with E-state index >= 15 is 0 Å². The second kappa shape index (κ2) is 7.57. The van der Waals surface area contributed by atoms with Crippen molar-refractivity contribution in [3.05, 3.63) is 37.5 Å². The first-order valence-corrected chi connectivity index (χ1v) is 10.6. The van der Waals surface area contributed by atoms with Gasteiger partial charge in [-0.05, 0) is 76.9 Å². The van der Waals surface area contributed by atoms with Crippen molar-refractivity contribution in [2.75, 3.05) is 11.8 Å². The largest absolute Gasteiger partial charge is 0.465 e. The molecule has 2 aromatic rings. The molecule has 1 aromatic carbocycles. The normalized spacial score (nSPS) is 14.7. The zero-order chi connectivity index (χ0) is 18.1. The Labute approximate surface area is 161 Å². The zero-order valence-electron chi connectivity index (χ0n) is 13.8. The molecule has 0 spiro atoms. The quantitative estimate of drug-likeness (QED) is 0.530. The molecule has 25 heavy (non-hydrogen) atoms. The second-order valence-corrected chi connectivity index (χ2v) is 8.91. The third-order valence-corrected chi connectivity index (χ3v) is 7.00. The molecule has 0 saturated carbocycles. The number of methoxy groups -OCH3 is 1. The lowest BCUT2D eigenvalue weighted by atomic mass is 9.84. The maximum atomic E-state index is 12.2. The van der Waals surface area contributed by atoms with E-state index in [1.807, 2.05) is 19.1 Å². The maximum absolute atomic E-state index is 12.2. The number of rotatable bonds is 4. The Balaban J connectivity index is 2.22. The molecule has 1 unspecified atom stereocenters. The standard InChI is InChI=1S/C17H18BrNO4S2/c1-9-14(15(17(20)23-2)24-16(9)18)12-7-8-13(19-25(21)22)11-6-4-3-5-10(11)12/h7-8,19H,3-6H2,1-2H3,(H,21,22). The van der Waals surface area contributed by atoms with Gasteiger partial charge < -0.3 is 4.74 Å². The molecule has 0 radical (unpaired) electrons. The van der Waals surface area contributed by atoms with Crippen LogP contribution in [0.2, 0.25) is 0 Å². The molecular weight excluding hydrogens is 426 g/mol. The summed E-state index contributed by atoms with van der Waals surface area (Å²) in [6.45, 7) is 1.98. The number of fused-ring (bicyclic) bond motifs is 1. The number of thiophene rings is 1. The molecule has 1 aromatic heterocycles. The van der Waals surface area contributed by atoms with E-state index in [-0.39, 0.29) is 5.97 Å². The fraction of sp³-hybridized carbons (Fsp3) is 0.353. The van der Waals surface area contributed by atoms with Crippen molar-refractivity contribution in [2.24, 2.45) is 0 Å². The van der Waals surface area contributed by atoms with Gasteiger partial charge >= 0.3 is 5.97 Å². The van der Waals surface area contributed by atoms with Gasteiger partial charge in [-0.25, -0.2) is 9.00 Å². The number of nitrogens with one attached hydrogen (secondary N) is 1. The van der Waals surface area contributed by atoms with Gasteiger partial charge in [-0.2, -0.15) is 0 Å². The highest BCUT2D eigenvalue weighted by Gasteiger charge is 2.26. The van der Waals surface area contributed by atoms with Crippen molar-refractivity contribution >= 4 is 50.2 Å². The zero-order valence-corrected chi connectivity index (χ0v) is 17.1. The lowest BCUT2D eigenvalue weighted by molar-refractivity contribution is 0.0607. The SMILES string of the molecule is COC(=O)c1sc(Br)c(C)c1-c1ccc(NS(=O)O)c2c1CCCC2. The van der Waals surface area contributed by atoms with E-state index in [1.165, 1.54) is 18.4 Å². The van der Waals surface area contributed by atoms with Gasteiger partial charge in [0.25, 0.3) is 11.3 Å². The fourth-order valence-electron chi connectivity index (χ4n) is 3.34. The highest BCUT2D eigenvalue weighted by molar-refractivity contribution is 9.11. The summed E-state index contributed by atoms with van der Waals surface area (Å²) in [7, 11) is 1.38. The van der Waals surface area contributed by atoms with E-state index in [0.717, 1.165) is 57.3 Å². The molecule has 0 fully saturated rings. The summed E-state index contributed by atoms with van der Waals surface area (Å²) in [6, 6.07) is 3.74. The number of esters is 1. The van der Waals surface area contributed by atoms with Crippen LogP contribution in [0, 0.1) is 6.92 Å². The highest BCUT2D eigenvalue weighted by Crippen LogP contribution is 2.44. The Hall–Kier alpha value is -1.22. The minimum atomic E-state index is -2.11. The maximum Gasteiger partial charge on any atom is 0.348 e. The minimum Gasteiger partial charge on any atom is -0.465 e. The van der Waals surface area contributed by atoms with Gasteiger partial charge in [0.05, 0.1) is 16.6 Å². The van der Waals surface area contributed by atoms with Gasteiger partial charge in [0, 0.05) is 5.56 Å². The summed E-state index contributed by atoms with van der Waals surface area (Å²) in [5.41, 5.74) is 5.78. The van der Waals surface area contributed by atoms with E-state index in [0.29, 0.717) is 10.6 Å². The third-order valence-electron chi connectivity index (χ3n) is 4.46. The summed E-state index contributed by atoms with van der Waals surface area (Å²) >= 11 is 2.79. The van der Waals surface area contributed by atoms with Crippen molar-refractivity contribution in [2.45, 2.75) is 32.6 Å². The monoisotopic (exact) mass is 443 g/mol. The van der Waals surface area contributed by atoms with Gasteiger partial charge in [0.2, 0.25) is 0 Å². The average Bonchev–Trinajstić information content (AvgIpc) is 2.89. The number of carbonyl (C=O) groups excluding carboxylic acids is 1. The van der Waals surface area contributed by atoms with Crippen LogP contribution in [0.3, 0.4) is 0 Å². The Morgan fingerprint density at radius 1 is 1.32 bits per heavy atom. The first kappa shape index (κ1) is 18.6. The summed E-state index contributed by atoms with van der Waals surface area (Å²) in [4.78, 5) is 12.8. The molecule has 5 nitrogen and oxygen atoms in total. The molecule has 1 aliphatic rings. The van der Waals surface area contributed by atoms with E-state index in [1.54, 1.807) is 0 Å². The van der Waals surface area contributed by atoms with Crippen molar-refractivity contribution in [3.63, 3.8) is 0 Å². The number of hydrogen-bond donors (Lipinski definition) is 2.